The molecule has 5 aromatic rings. The van der Waals surface area contributed by atoms with Crippen LogP contribution in [0.5, 0.6) is 5.75 Å². The zero-order valence-corrected chi connectivity index (χ0v) is 28.8. The second kappa shape index (κ2) is 17.5. The third-order valence-electron chi connectivity index (χ3n) is 9.18. The Morgan fingerprint density at radius 2 is 1.62 bits per heavy atom. The number of aliphatic hydroxyl groups is 1. The lowest BCUT2D eigenvalue weighted by Crippen LogP contribution is -2.42. The van der Waals surface area contributed by atoms with Gasteiger partial charge in [-0.05, 0) is 72.8 Å². The Morgan fingerprint density at radius 3 is 2.40 bits per heavy atom. The number of piperidine rings is 1. The molecule has 1 saturated heterocycles. The molecule has 4 aromatic carbocycles. The molecule has 0 aliphatic carbocycles. The van der Waals surface area contributed by atoms with Crippen molar-refractivity contribution >= 4 is 34.4 Å². The van der Waals surface area contributed by atoms with E-state index >= 15 is 0 Å². The minimum Gasteiger partial charge on any atom is -0.506 e. The molecule has 0 saturated carbocycles. The van der Waals surface area contributed by atoms with Crippen molar-refractivity contribution in [2.24, 2.45) is 0 Å². The molecule has 12 heteroatoms. The molecule has 1 aromatic heterocycles. The molecule has 3 amide bonds. The number of aromatic nitrogens is 1. The van der Waals surface area contributed by atoms with Crippen molar-refractivity contribution in [2.45, 2.75) is 31.5 Å². The van der Waals surface area contributed by atoms with Gasteiger partial charge in [-0.2, -0.15) is 0 Å². The van der Waals surface area contributed by atoms with Gasteiger partial charge in [-0.1, -0.05) is 66.7 Å². The first kappa shape index (κ1) is 36.1. The fourth-order valence-electron chi connectivity index (χ4n) is 6.39. The molecule has 1 unspecified atom stereocenters. The number of aliphatic hydroxyl groups excluding tert-OH is 1. The Morgan fingerprint density at radius 1 is 0.865 bits per heavy atom. The van der Waals surface area contributed by atoms with E-state index in [9.17, 15) is 24.6 Å². The Kier molecular flexibility index (Phi) is 12.1. The number of aromatic amines is 1. The SMILES string of the molecule is O=C(NCCN1CCC(OC(=O)Nc2ccccc2-c2ccccc2)CC1)Nc1ccc(CCNCC(O)c2ccc(O)c3[nH]c(=O)ccc23)cc1. The Labute approximate surface area is 301 Å². The summed E-state index contributed by atoms with van der Waals surface area (Å²) in [5.41, 5.74) is 5.02. The number of nitrogens with zero attached hydrogens (tertiary/aromatic N) is 1. The molecule has 270 valence electrons. The summed E-state index contributed by atoms with van der Waals surface area (Å²) in [6.45, 7) is 3.64. The van der Waals surface area contributed by atoms with Gasteiger partial charge >= 0.3 is 12.1 Å². The van der Waals surface area contributed by atoms with Gasteiger partial charge in [0.05, 0.1) is 17.3 Å². The van der Waals surface area contributed by atoms with Gasteiger partial charge in [-0.15, -0.1) is 0 Å². The quantitative estimate of drug-likeness (QED) is 0.0778. The highest BCUT2D eigenvalue weighted by Crippen LogP contribution is 2.29. The summed E-state index contributed by atoms with van der Waals surface area (Å²) < 4.78 is 5.74. The number of hydrogen-bond donors (Lipinski definition) is 7. The lowest BCUT2D eigenvalue weighted by molar-refractivity contribution is 0.0594. The Bertz CT molecular complexity index is 2010. The van der Waals surface area contributed by atoms with Crippen LogP contribution in [0.2, 0.25) is 0 Å². The Balaban J connectivity index is 0.848. The summed E-state index contributed by atoms with van der Waals surface area (Å²) in [5.74, 6) is -0.0448. The van der Waals surface area contributed by atoms with Gasteiger partial charge in [0.15, 0.2) is 0 Å². The van der Waals surface area contributed by atoms with Crippen LogP contribution < -0.4 is 26.8 Å². The number of pyridine rings is 1. The molecule has 52 heavy (non-hydrogen) atoms. The maximum absolute atomic E-state index is 12.7. The highest BCUT2D eigenvalue weighted by atomic mass is 16.6. The minimum absolute atomic E-state index is 0.0448. The molecule has 0 spiro atoms. The Hall–Kier alpha value is -5.69. The predicted molar refractivity (Wildman–Crippen MR) is 203 cm³/mol. The number of fused-ring (bicyclic) bond motifs is 1. The van der Waals surface area contributed by atoms with Crippen LogP contribution in [-0.4, -0.2) is 77.6 Å². The predicted octanol–water partition coefficient (Wildman–Crippen LogP) is 5.60. The van der Waals surface area contributed by atoms with Gasteiger partial charge in [0, 0.05) is 55.4 Å². The smallest absolute Gasteiger partial charge is 0.411 e. The lowest BCUT2D eigenvalue weighted by atomic mass is 10.0. The number of ether oxygens (including phenoxy) is 1. The fraction of sp³-hybridized carbons (Fsp3) is 0.275. The standard InChI is InChI=1S/C40H44N6O6/c47-35-16-14-32(33-15-17-37(49)45-38(33)35)36(48)26-41-21-18-27-10-12-29(13-11-27)43-39(50)42-22-25-46-23-19-30(20-24-46)52-40(51)44-34-9-5-4-8-31(34)28-6-2-1-3-7-28/h1-17,30,36,41,47-48H,18-26H2,(H,44,51)(H,45,49)(H2,42,43,50). The van der Waals surface area contributed by atoms with Crippen LogP contribution in [-0.2, 0) is 11.2 Å². The summed E-state index contributed by atoms with van der Waals surface area (Å²) in [6, 6.07) is 31.0. The molecule has 0 radical (unpaired) electrons. The first-order valence-electron chi connectivity index (χ1n) is 17.5. The lowest BCUT2D eigenvalue weighted by Gasteiger charge is -2.31. The highest BCUT2D eigenvalue weighted by Gasteiger charge is 2.23. The number of phenolic OH excluding ortho intramolecular Hbond substituents is 1. The van der Waals surface area contributed by atoms with E-state index in [-0.39, 0.29) is 23.4 Å². The topological polar surface area (TPSA) is 168 Å². The highest BCUT2D eigenvalue weighted by molar-refractivity contribution is 5.92. The second-order valence-corrected chi connectivity index (χ2v) is 12.8. The summed E-state index contributed by atoms with van der Waals surface area (Å²) in [5, 5.41) is 33.4. The van der Waals surface area contributed by atoms with Crippen molar-refractivity contribution in [2.75, 3.05) is 49.9 Å². The summed E-state index contributed by atoms with van der Waals surface area (Å²) >= 11 is 0. The molecule has 1 aliphatic heterocycles. The van der Waals surface area contributed by atoms with Crippen molar-refractivity contribution < 1.29 is 24.5 Å². The van der Waals surface area contributed by atoms with E-state index in [0.29, 0.717) is 54.0 Å². The van der Waals surface area contributed by atoms with E-state index in [1.807, 2.05) is 78.9 Å². The molecule has 1 fully saturated rings. The number of para-hydroxylation sites is 1. The molecular weight excluding hydrogens is 660 g/mol. The monoisotopic (exact) mass is 704 g/mol. The van der Waals surface area contributed by atoms with E-state index < -0.39 is 12.2 Å². The zero-order valence-electron chi connectivity index (χ0n) is 28.8. The number of nitrogens with one attached hydrogen (secondary N) is 5. The van der Waals surface area contributed by atoms with E-state index in [1.165, 1.54) is 12.1 Å². The average molecular weight is 705 g/mol. The van der Waals surface area contributed by atoms with Gasteiger partial charge in [0.1, 0.15) is 11.9 Å². The zero-order chi connectivity index (χ0) is 36.3. The number of benzene rings is 4. The summed E-state index contributed by atoms with van der Waals surface area (Å²) in [7, 11) is 0. The van der Waals surface area contributed by atoms with Crippen LogP contribution in [0.25, 0.3) is 22.0 Å². The molecule has 1 aliphatic rings. The number of amides is 3. The number of carbonyl (C=O) groups is 2. The largest absolute Gasteiger partial charge is 0.506 e. The van der Waals surface area contributed by atoms with Gasteiger partial charge in [-0.25, -0.2) is 9.59 Å². The molecular formula is C40H44N6O6. The third-order valence-corrected chi connectivity index (χ3v) is 9.18. The van der Waals surface area contributed by atoms with E-state index in [4.69, 9.17) is 4.74 Å². The van der Waals surface area contributed by atoms with Gasteiger partial charge in [0.25, 0.3) is 0 Å². The first-order valence-corrected chi connectivity index (χ1v) is 17.5. The number of phenols is 1. The molecule has 2 heterocycles. The van der Waals surface area contributed by atoms with Gasteiger partial charge in [-0.3, -0.25) is 10.1 Å². The van der Waals surface area contributed by atoms with Crippen LogP contribution in [0.1, 0.15) is 30.1 Å². The maximum Gasteiger partial charge on any atom is 0.411 e. The second-order valence-electron chi connectivity index (χ2n) is 12.8. The number of likely N-dealkylation sites (tertiary alicyclic amines) is 1. The van der Waals surface area contributed by atoms with E-state index in [0.717, 1.165) is 49.0 Å². The number of anilines is 2. The molecule has 0 bridgehead atoms. The van der Waals surface area contributed by atoms with Crippen LogP contribution in [0, 0.1) is 0 Å². The van der Waals surface area contributed by atoms with Gasteiger partial charge in [0.2, 0.25) is 5.56 Å². The number of H-pyrrole nitrogens is 1. The van der Waals surface area contributed by atoms with Crippen LogP contribution >= 0.6 is 0 Å². The minimum atomic E-state index is -0.826. The van der Waals surface area contributed by atoms with Crippen molar-refractivity contribution in [1.82, 2.24) is 20.5 Å². The molecule has 6 rings (SSSR count). The average Bonchev–Trinajstić information content (AvgIpc) is 3.15. The normalized spacial score (nSPS) is 14.1. The van der Waals surface area contributed by atoms with Crippen LogP contribution in [0.4, 0.5) is 21.0 Å². The van der Waals surface area contributed by atoms with Gasteiger partial charge < -0.3 is 40.8 Å². The van der Waals surface area contributed by atoms with Crippen LogP contribution in [0.3, 0.4) is 0 Å². The van der Waals surface area contributed by atoms with Crippen molar-refractivity contribution in [3.63, 3.8) is 0 Å². The van der Waals surface area contributed by atoms with Crippen LogP contribution in [0.15, 0.2) is 108 Å². The number of hydrogen-bond acceptors (Lipinski definition) is 8. The fourth-order valence-corrected chi connectivity index (χ4v) is 6.39. The van der Waals surface area contributed by atoms with Crippen molar-refractivity contribution in [3.8, 4) is 16.9 Å². The number of urea groups is 1. The molecule has 12 nitrogen and oxygen atoms in total. The summed E-state index contributed by atoms with van der Waals surface area (Å²) in [6.07, 6.45) is 0.719. The van der Waals surface area contributed by atoms with E-state index in [1.54, 1.807) is 12.1 Å². The summed E-state index contributed by atoms with van der Waals surface area (Å²) in [4.78, 5) is 41.7. The first-order chi connectivity index (χ1) is 25.3. The molecule has 7 N–H and O–H groups in total. The third kappa shape index (κ3) is 9.75. The van der Waals surface area contributed by atoms with Crippen molar-refractivity contribution in [1.29, 1.82) is 0 Å². The number of rotatable bonds is 13. The van der Waals surface area contributed by atoms with E-state index in [2.05, 4.69) is 31.2 Å². The number of aromatic hydroxyl groups is 1. The molecule has 1 atom stereocenters. The number of carbonyl (C=O) groups excluding carboxylic acids is 2. The van der Waals surface area contributed by atoms with Crippen molar-refractivity contribution in [3.05, 3.63) is 125 Å². The maximum atomic E-state index is 12.7.